The highest BCUT2D eigenvalue weighted by Crippen LogP contribution is 2.02. The van der Waals surface area contributed by atoms with Gasteiger partial charge in [0.05, 0.1) is 12.4 Å². The number of hydrogen-bond acceptors (Lipinski definition) is 5. The lowest BCUT2D eigenvalue weighted by molar-refractivity contribution is -0.129. The molecule has 1 atom stereocenters. The van der Waals surface area contributed by atoms with Gasteiger partial charge in [-0.05, 0) is 6.92 Å². The largest absolute Gasteiger partial charge is 0.477 e. The van der Waals surface area contributed by atoms with Gasteiger partial charge in [-0.1, -0.05) is 0 Å². The van der Waals surface area contributed by atoms with Crippen molar-refractivity contribution in [3.8, 4) is 0 Å². The van der Waals surface area contributed by atoms with Gasteiger partial charge in [0.15, 0.2) is 0 Å². The molecule has 0 spiro atoms. The number of hydrogen-bond donors (Lipinski definition) is 2. The molecule has 6 nitrogen and oxygen atoms in total. The van der Waals surface area contributed by atoms with Crippen LogP contribution < -0.4 is 0 Å². The number of carboxylic acids is 1. The van der Waals surface area contributed by atoms with Gasteiger partial charge in [0.25, 0.3) is 10.1 Å². The fourth-order valence-corrected chi connectivity index (χ4v) is 1.37. The number of nitrogens with one attached hydrogen (secondary N) is 1. The van der Waals surface area contributed by atoms with E-state index >= 15 is 0 Å². The van der Waals surface area contributed by atoms with Crippen LogP contribution in [0.3, 0.4) is 0 Å². The summed E-state index contributed by atoms with van der Waals surface area (Å²) in [5.41, 5.74) is -0.573. The second-order valence-corrected chi connectivity index (χ2v) is 4.20. The van der Waals surface area contributed by atoms with Crippen LogP contribution in [0.5, 0.6) is 0 Å². The normalized spacial score (nSPS) is 13.7. The van der Waals surface area contributed by atoms with Crippen molar-refractivity contribution in [1.82, 2.24) is 0 Å². The third-order valence-corrected chi connectivity index (χ3v) is 1.77. The average molecular weight is 209 g/mol. The summed E-state index contributed by atoms with van der Waals surface area (Å²) in [5, 5.41) is 15.2. The molecule has 2 N–H and O–H groups in total. The van der Waals surface area contributed by atoms with E-state index in [1.807, 2.05) is 0 Å². The Labute approximate surface area is 76.2 Å². The molecule has 0 saturated heterocycles. The summed E-state index contributed by atoms with van der Waals surface area (Å²) in [7, 11) is -3.58. The second-order valence-electron chi connectivity index (χ2n) is 2.60. The van der Waals surface area contributed by atoms with Crippen molar-refractivity contribution in [1.29, 1.82) is 5.41 Å². The van der Waals surface area contributed by atoms with Crippen LogP contribution in [0.25, 0.3) is 0 Å². The van der Waals surface area contributed by atoms with E-state index in [1.165, 1.54) is 6.92 Å². The maximum Gasteiger partial charge on any atom is 0.349 e. The highest BCUT2D eigenvalue weighted by molar-refractivity contribution is 7.86. The molecule has 0 aliphatic rings. The summed E-state index contributed by atoms with van der Waals surface area (Å²) >= 11 is 0. The van der Waals surface area contributed by atoms with Crippen molar-refractivity contribution >= 4 is 21.8 Å². The lowest BCUT2D eigenvalue weighted by Crippen LogP contribution is -2.22. The Bertz CT molecular complexity index is 307. The van der Waals surface area contributed by atoms with E-state index in [1.54, 1.807) is 0 Å². The summed E-state index contributed by atoms with van der Waals surface area (Å²) in [5.74, 6) is -1.37. The van der Waals surface area contributed by atoms with E-state index in [9.17, 15) is 13.2 Å². The quantitative estimate of drug-likeness (QED) is 0.483. The zero-order valence-electron chi connectivity index (χ0n) is 7.27. The number of carboxylic acid groups (broad SMARTS) is 1. The zero-order chi connectivity index (χ0) is 10.6. The van der Waals surface area contributed by atoms with Gasteiger partial charge in [0.2, 0.25) is 0 Å². The number of carbonyl (C=O) groups is 1. The molecule has 1 unspecified atom stereocenters. The molecule has 0 rings (SSSR count). The van der Waals surface area contributed by atoms with Gasteiger partial charge >= 0.3 is 5.97 Å². The topological polar surface area (TPSA) is 105 Å². The Kier molecular flexibility index (Phi) is 4.02. The Balaban J connectivity index is 4.10. The predicted octanol–water partition coefficient (Wildman–Crippen LogP) is -0.154. The Morgan fingerprint density at radius 1 is 1.62 bits per heavy atom. The van der Waals surface area contributed by atoms with E-state index in [0.29, 0.717) is 0 Å². The van der Waals surface area contributed by atoms with Crippen molar-refractivity contribution in [3.05, 3.63) is 0 Å². The molecule has 0 bridgehead atoms. The van der Waals surface area contributed by atoms with Crippen molar-refractivity contribution in [3.63, 3.8) is 0 Å². The van der Waals surface area contributed by atoms with Crippen LogP contribution in [0.4, 0.5) is 0 Å². The molecule has 0 aliphatic carbocycles. The lowest BCUT2D eigenvalue weighted by atomic mass is 10.2. The molecule has 0 saturated carbocycles. The Morgan fingerprint density at radius 3 is 2.38 bits per heavy atom. The molecule has 7 heteroatoms. The molecule has 0 heterocycles. The molecule has 0 amide bonds. The predicted molar refractivity (Wildman–Crippen MR) is 45.4 cm³/mol. The molecule has 76 valence electrons. The van der Waals surface area contributed by atoms with E-state index < -0.39 is 27.9 Å². The number of aliphatic carboxylic acids is 1. The first-order valence-corrected chi connectivity index (χ1v) is 5.23. The molecular weight excluding hydrogens is 198 g/mol. The van der Waals surface area contributed by atoms with Crippen LogP contribution in [0.15, 0.2) is 0 Å². The van der Waals surface area contributed by atoms with Crippen molar-refractivity contribution in [2.45, 2.75) is 19.4 Å². The molecule has 0 aromatic heterocycles. The summed E-state index contributed by atoms with van der Waals surface area (Å²) in [6.45, 7) is 1.39. The van der Waals surface area contributed by atoms with E-state index in [-0.39, 0.29) is 6.42 Å². The first-order chi connectivity index (χ1) is 5.72. The first kappa shape index (κ1) is 12.0. The van der Waals surface area contributed by atoms with Crippen LogP contribution in [-0.2, 0) is 19.1 Å². The monoisotopic (exact) mass is 209 g/mol. The summed E-state index contributed by atoms with van der Waals surface area (Å²) < 4.78 is 25.5. The third-order valence-electron chi connectivity index (χ3n) is 1.09. The minimum atomic E-state index is -3.58. The highest BCUT2D eigenvalue weighted by Gasteiger charge is 2.15. The van der Waals surface area contributed by atoms with Gasteiger partial charge in [-0.2, -0.15) is 8.42 Å². The van der Waals surface area contributed by atoms with E-state index in [4.69, 9.17) is 10.5 Å². The summed E-state index contributed by atoms with van der Waals surface area (Å²) in [6, 6.07) is 0. The average Bonchev–Trinajstić information content (AvgIpc) is 1.81. The van der Waals surface area contributed by atoms with Gasteiger partial charge in [-0.3, -0.25) is 9.59 Å². The molecule has 0 aromatic carbocycles. The fraction of sp³-hybridized carbons (Fsp3) is 0.667. The minimum Gasteiger partial charge on any atom is -0.477 e. The third kappa shape index (κ3) is 6.23. The first-order valence-electron chi connectivity index (χ1n) is 3.41. The fourth-order valence-electron chi connectivity index (χ4n) is 0.707. The molecule has 0 aliphatic heterocycles. The summed E-state index contributed by atoms with van der Waals surface area (Å²) in [4.78, 5) is 10.2. The SMILES string of the molecule is CC(CC(=N)C(=O)O)OS(C)(=O)=O. The minimum absolute atomic E-state index is 0.234. The van der Waals surface area contributed by atoms with Crippen molar-refractivity contribution < 1.29 is 22.5 Å². The standard InChI is InChI=1S/C6H11NO5S/c1-4(12-13(2,10)11)3-5(7)6(8)9/h4,7H,3H2,1-2H3,(H,8,9). The molecule has 0 radical (unpaired) electrons. The van der Waals surface area contributed by atoms with Crippen LogP contribution in [0, 0.1) is 5.41 Å². The number of rotatable bonds is 5. The highest BCUT2D eigenvalue weighted by atomic mass is 32.2. The molecule has 0 fully saturated rings. The van der Waals surface area contributed by atoms with Gasteiger partial charge in [0.1, 0.15) is 5.71 Å². The smallest absolute Gasteiger partial charge is 0.349 e. The van der Waals surface area contributed by atoms with E-state index in [0.717, 1.165) is 6.26 Å². The van der Waals surface area contributed by atoms with E-state index in [2.05, 4.69) is 4.18 Å². The van der Waals surface area contributed by atoms with Crippen LogP contribution in [0.2, 0.25) is 0 Å². The lowest BCUT2D eigenvalue weighted by Gasteiger charge is -2.08. The van der Waals surface area contributed by atoms with Crippen molar-refractivity contribution in [2.24, 2.45) is 0 Å². The summed E-state index contributed by atoms with van der Waals surface area (Å²) in [6.07, 6.45) is -0.186. The Morgan fingerprint density at radius 2 is 2.08 bits per heavy atom. The van der Waals surface area contributed by atoms with Crippen LogP contribution >= 0.6 is 0 Å². The van der Waals surface area contributed by atoms with Gasteiger partial charge in [0, 0.05) is 6.42 Å². The van der Waals surface area contributed by atoms with Crippen LogP contribution in [-0.4, -0.2) is 37.6 Å². The zero-order valence-corrected chi connectivity index (χ0v) is 8.09. The van der Waals surface area contributed by atoms with Crippen LogP contribution in [0.1, 0.15) is 13.3 Å². The maximum absolute atomic E-state index is 10.6. The van der Waals surface area contributed by atoms with Gasteiger partial charge in [-0.15, -0.1) is 0 Å². The Hall–Kier alpha value is -0.950. The van der Waals surface area contributed by atoms with Gasteiger partial charge < -0.3 is 5.11 Å². The molecular formula is C6H11NO5S. The maximum atomic E-state index is 10.6. The molecule has 0 aromatic rings. The second kappa shape index (κ2) is 4.33. The molecule has 13 heavy (non-hydrogen) atoms. The van der Waals surface area contributed by atoms with Gasteiger partial charge in [-0.25, -0.2) is 4.79 Å². The van der Waals surface area contributed by atoms with Crippen molar-refractivity contribution in [2.75, 3.05) is 6.26 Å².